The lowest BCUT2D eigenvalue weighted by atomic mass is 9.93. The number of rotatable bonds is 5. The Bertz CT molecular complexity index is 1180. The third-order valence-electron chi connectivity index (χ3n) is 6.80. The largest absolute Gasteiger partial charge is 0.444 e. The molecule has 2 aromatic rings. The Kier molecular flexibility index (Phi) is 6.91. The average molecular weight is 486 g/mol. The highest BCUT2D eigenvalue weighted by Crippen LogP contribution is 2.29. The number of piperidine rings is 2. The standard InChI is InChI=1S/C25H35N5O5/c1-25(2,3)35-23(33)26-12-9-16-10-13-29(14-11-16)17-5-6-18-20(15-17)28(4)24(34)30(18)19-7-8-21(31)27-22(19)32/h5-6,15-16,19H,7-14H2,1-4H3,(H,26,33)(H,27,31,32). The Morgan fingerprint density at radius 3 is 2.49 bits per heavy atom. The van der Waals surface area contributed by atoms with Crippen molar-refractivity contribution in [3.8, 4) is 0 Å². The van der Waals surface area contributed by atoms with Crippen LogP contribution in [0.1, 0.15) is 58.9 Å². The number of aromatic nitrogens is 2. The predicted octanol–water partition coefficient (Wildman–Crippen LogP) is 2.45. The molecule has 35 heavy (non-hydrogen) atoms. The number of hydrogen-bond donors (Lipinski definition) is 2. The average Bonchev–Trinajstić information content (AvgIpc) is 3.03. The lowest BCUT2D eigenvalue weighted by Crippen LogP contribution is -2.44. The van der Waals surface area contributed by atoms with E-state index in [2.05, 4.69) is 15.5 Å². The first-order valence-electron chi connectivity index (χ1n) is 12.3. The highest BCUT2D eigenvalue weighted by molar-refractivity contribution is 6.00. The maximum absolute atomic E-state index is 13.0. The second kappa shape index (κ2) is 9.75. The SMILES string of the molecule is Cn1c(=O)n(C2CCC(=O)NC2=O)c2ccc(N3CCC(CCNC(=O)OC(C)(C)C)CC3)cc21. The summed E-state index contributed by atoms with van der Waals surface area (Å²) in [5.41, 5.74) is 1.74. The first-order valence-corrected chi connectivity index (χ1v) is 12.3. The minimum atomic E-state index is -0.681. The van der Waals surface area contributed by atoms with E-state index in [1.165, 1.54) is 4.57 Å². The van der Waals surface area contributed by atoms with E-state index in [9.17, 15) is 19.2 Å². The molecule has 2 aliphatic heterocycles. The molecule has 1 aromatic carbocycles. The van der Waals surface area contributed by atoms with Gasteiger partial charge in [0.05, 0.1) is 11.0 Å². The van der Waals surface area contributed by atoms with Gasteiger partial charge in [-0.25, -0.2) is 9.59 Å². The molecule has 0 spiro atoms. The second-order valence-electron chi connectivity index (χ2n) is 10.5. The molecule has 1 unspecified atom stereocenters. The van der Waals surface area contributed by atoms with Crippen molar-refractivity contribution in [3.63, 3.8) is 0 Å². The fraction of sp³-hybridized carbons (Fsp3) is 0.600. The molecule has 3 heterocycles. The van der Waals surface area contributed by atoms with Gasteiger partial charge in [-0.3, -0.25) is 24.0 Å². The molecule has 0 radical (unpaired) electrons. The maximum atomic E-state index is 13.0. The fourth-order valence-corrected chi connectivity index (χ4v) is 4.95. The summed E-state index contributed by atoms with van der Waals surface area (Å²) in [4.78, 5) is 51.0. The second-order valence-corrected chi connectivity index (χ2v) is 10.5. The minimum Gasteiger partial charge on any atom is -0.444 e. The van der Waals surface area contributed by atoms with Gasteiger partial charge in [0.15, 0.2) is 0 Å². The Morgan fingerprint density at radius 2 is 1.83 bits per heavy atom. The zero-order chi connectivity index (χ0) is 25.3. The summed E-state index contributed by atoms with van der Waals surface area (Å²) in [6.45, 7) is 7.93. The van der Waals surface area contributed by atoms with Crippen LogP contribution in [-0.4, -0.2) is 52.3 Å². The number of fused-ring (bicyclic) bond motifs is 1. The van der Waals surface area contributed by atoms with Crippen LogP contribution in [0.4, 0.5) is 10.5 Å². The van der Waals surface area contributed by atoms with Gasteiger partial charge in [0, 0.05) is 38.8 Å². The van der Waals surface area contributed by atoms with Crippen molar-refractivity contribution in [3.05, 3.63) is 28.7 Å². The van der Waals surface area contributed by atoms with Crippen molar-refractivity contribution in [1.29, 1.82) is 0 Å². The molecule has 0 aliphatic carbocycles. The van der Waals surface area contributed by atoms with Crippen molar-refractivity contribution < 1.29 is 19.1 Å². The molecular formula is C25H35N5O5. The number of imidazole rings is 1. The molecule has 4 rings (SSSR count). The van der Waals surface area contributed by atoms with Gasteiger partial charge >= 0.3 is 11.8 Å². The maximum Gasteiger partial charge on any atom is 0.407 e. The molecule has 1 aromatic heterocycles. The zero-order valence-electron chi connectivity index (χ0n) is 20.9. The monoisotopic (exact) mass is 485 g/mol. The number of carbonyl (C=O) groups excluding carboxylic acids is 3. The Labute approximate surface area is 204 Å². The Morgan fingerprint density at radius 1 is 1.11 bits per heavy atom. The van der Waals surface area contributed by atoms with Gasteiger partial charge in [0.2, 0.25) is 11.8 Å². The van der Waals surface area contributed by atoms with Crippen LogP contribution in [0.5, 0.6) is 0 Å². The van der Waals surface area contributed by atoms with Crippen molar-refractivity contribution in [2.75, 3.05) is 24.5 Å². The third kappa shape index (κ3) is 5.52. The topological polar surface area (TPSA) is 115 Å². The van der Waals surface area contributed by atoms with Gasteiger partial charge in [-0.15, -0.1) is 0 Å². The summed E-state index contributed by atoms with van der Waals surface area (Å²) in [5, 5.41) is 5.18. The van der Waals surface area contributed by atoms with Crippen LogP contribution >= 0.6 is 0 Å². The summed E-state index contributed by atoms with van der Waals surface area (Å²) in [5.74, 6) is -0.197. The fourth-order valence-electron chi connectivity index (χ4n) is 4.95. The van der Waals surface area contributed by atoms with Gasteiger partial charge in [0.1, 0.15) is 11.6 Å². The number of anilines is 1. The predicted molar refractivity (Wildman–Crippen MR) is 132 cm³/mol. The van der Waals surface area contributed by atoms with Gasteiger partial charge < -0.3 is 15.0 Å². The number of hydrogen-bond acceptors (Lipinski definition) is 6. The lowest BCUT2D eigenvalue weighted by Gasteiger charge is -2.34. The molecule has 1 atom stereocenters. The number of amides is 3. The lowest BCUT2D eigenvalue weighted by molar-refractivity contribution is -0.135. The molecule has 2 saturated heterocycles. The molecule has 2 N–H and O–H groups in total. The summed E-state index contributed by atoms with van der Waals surface area (Å²) < 4.78 is 8.36. The first kappa shape index (κ1) is 24.8. The summed E-state index contributed by atoms with van der Waals surface area (Å²) in [6.07, 6.45) is 3.11. The van der Waals surface area contributed by atoms with Crippen LogP contribution in [0.25, 0.3) is 11.0 Å². The first-order chi connectivity index (χ1) is 16.5. The number of benzene rings is 1. The molecule has 10 heteroatoms. The molecular weight excluding hydrogens is 450 g/mol. The van der Waals surface area contributed by atoms with E-state index in [0.29, 0.717) is 24.4 Å². The van der Waals surface area contributed by atoms with Gasteiger partial charge in [-0.05, 0) is 70.6 Å². The molecule has 2 aliphatic rings. The van der Waals surface area contributed by atoms with E-state index >= 15 is 0 Å². The number of alkyl carbamates (subject to hydrolysis) is 1. The molecule has 0 saturated carbocycles. The number of ether oxygens (including phenoxy) is 1. The van der Waals surface area contributed by atoms with E-state index in [-0.39, 0.29) is 24.1 Å². The summed E-state index contributed by atoms with van der Waals surface area (Å²) in [6, 6.07) is 5.21. The smallest absolute Gasteiger partial charge is 0.407 e. The molecule has 10 nitrogen and oxygen atoms in total. The van der Waals surface area contributed by atoms with Gasteiger partial charge in [-0.1, -0.05) is 0 Å². The quantitative estimate of drug-likeness (QED) is 0.629. The van der Waals surface area contributed by atoms with Crippen LogP contribution in [-0.2, 0) is 21.4 Å². The third-order valence-corrected chi connectivity index (χ3v) is 6.80. The Balaban J connectivity index is 1.39. The highest BCUT2D eigenvalue weighted by atomic mass is 16.6. The Hall–Kier alpha value is -3.30. The van der Waals surface area contributed by atoms with Crippen LogP contribution in [0, 0.1) is 5.92 Å². The number of carbonyl (C=O) groups is 3. The van der Waals surface area contributed by atoms with Crippen molar-refractivity contribution >= 4 is 34.6 Å². The van der Waals surface area contributed by atoms with E-state index in [4.69, 9.17) is 4.74 Å². The van der Waals surface area contributed by atoms with Crippen molar-refractivity contribution in [1.82, 2.24) is 19.8 Å². The van der Waals surface area contributed by atoms with E-state index in [0.717, 1.165) is 43.6 Å². The van der Waals surface area contributed by atoms with Crippen molar-refractivity contribution in [2.24, 2.45) is 13.0 Å². The zero-order valence-corrected chi connectivity index (χ0v) is 20.9. The number of nitrogens with one attached hydrogen (secondary N) is 2. The summed E-state index contributed by atoms with van der Waals surface area (Å²) >= 11 is 0. The van der Waals surface area contributed by atoms with Crippen LogP contribution in [0.3, 0.4) is 0 Å². The number of imide groups is 1. The van der Waals surface area contributed by atoms with E-state index < -0.39 is 17.6 Å². The minimum absolute atomic E-state index is 0.222. The molecule has 3 amide bonds. The van der Waals surface area contributed by atoms with Crippen molar-refractivity contribution in [2.45, 2.75) is 64.5 Å². The van der Waals surface area contributed by atoms with Gasteiger partial charge in [-0.2, -0.15) is 0 Å². The normalized spacial score (nSPS) is 19.7. The highest BCUT2D eigenvalue weighted by Gasteiger charge is 2.31. The molecule has 0 bridgehead atoms. The van der Waals surface area contributed by atoms with Crippen LogP contribution in [0.2, 0.25) is 0 Å². The summed E-state index contributed by atoms with van der Waals surface area (Å²) in [7, 11) is 1.71. The van der Waals surface area contributed by atoms with E-state index in [1.807, 2.05) is 39.0 Å². The number of nitrogens with zero attached hydrogens (tertiary/aromatic N) is 3. The molecule has 2 fully saturated rings. The number of aryl methyl sites for hydroxylation is 1. The van der Waals surface area contributed by atoms with Gasteiger partial charge in [0.25, 0.3) is 0 Å². The van der Waals surface area contributed by atoms with E-state index in [1.54, 1.807) is 11.6 Å². The molecule has 190 valence electrons. The van der Waals surface area contributed by atoms with Crippen LogP contribution < -0.4 is 21.2 Å². The van der Waals surface area contributed by atoms with Crippen LogP contribution in [0.15, 0.2) is 23.0 Å².